The zero-order chi connectivity index (χ0) is 26.1. The second-order valence-electron chi connectivity index (χ2n) is 8.99. The highest BCUT2D eigenvalue weighted by atomic mass is 19.1. The molecule has 2 aromatic rings. The number of hydrogen-bond acceptors (Lipinski definition) is 9. The molecule has 1 fully saturated rings. The van der Waals surface area contributed by atoms with Crippen LogP contribution in [0.2, 0.25) is 0 Å². The lowest BCUT2D eigenvalue weighted by atomic mass is 9.96. The molecule has 0 unspecified atom stereocenters. The third-order valence-electron chi connectivity index (χ3n) is 6.00. The summed E-state index contributed by atoms with van der Waals surface area (Å²) >= 11 is 0. The van der Waals surface area contributed by atoms with Crippen molar-refractivity contribution in [2.75, 3.05) is 54.8 Å². The Morgan fingerprint density at radius 2 is 2.06 bits per heavy atom. The van der Waals surface area contributed by atoms with Crippen LogP contribution in [0.25, 0.3) is 0 Å². The van der Waals surface area contributed by atoms with Crippen LogP contribution in [0.5, 0.6) is 0 Å². The zero-order valence-corrected chi connectivity index (χ0v) is 21.1. The van der Waals surface area contributed by atoms with Gasteiger partial charge in [0.05, 0.1) is 23.0 Å². The number of benzene rings is 1. The summed E-state index contributed by atoms with van der Waals surface area (Å²) < 4.78 is 20.0. The lowest BCUT2D eigenvalue weighted by Gasteiger charge is -2.34. The third-order valence-corrected chi connectivity index (χ3v) is 6.00. The van der Waals surface area contributed by atoms with Gasteiger partial charge in [-0.2, -0.15) is 5.26 Å². The highest BCUT2D eigenvalue weighted by Crippen LogP contribution is 2.28. The molecule has 11 heteroatoms. The van der Waals surface area contributed by atoms with E-state index in [0.29, 0.717) is 43.6 Å². The summed E-state index contributed by atoms with van der Waals surface area (Å²) in [4.78, 5) is 24.8. The summed E-state index contributed by atoms with van der Waals surface area (Å²) in [6, 6.07) is 6.50. The van der Waals surface area contributed by atoms with Crippen LogP contribution >= 0.6 is 0 Å². The lowest BCUT2D eigenvalue weighted by molar-refractivity contribution is 0.0658. The number of anilines is 4. The maximum absolute atomic E-state index is 14.7. The molecule has 194 valence electrons. The largest absolute Gasteiger partial charge is 0.447 e. The third kappa shape index (κ3) is 7.18. The van der Waals surface area contributed by atoms with Crippen LogP contribution in [0, 0.1) is 23.1 Å². The van der Waals surface area contributed by atoms with Gasteiger partial charge in [0.25, 0.3) is 0 Å². The van der Waals surface area contributed by atoms with E-state index >= 15 is 0 Å². The van der Waals surface area contributed by atoms with Gasteiger partial charge in [-0.3, -0.25) is 0 Å². The topological polar surface area (TPSA) is 132 Å². The van der Waals surface area contributed by atoms with E-state index in [1.54, 1.807) is 17.0 Å². The van der Waals surface area contributed by atoms with Gasteiger partial charge in [0, 0.05) is 45.3 Å². The average molecular weight is 499 g/mol. The smallest absolute Gasteiger partial charge is 0.410 e. The maximum atomic E-state index is 14.7. The Balaban J connectivity index is 1.66. The second-order valence-corrected chi connectivity index (χ2v) is 8.99. The Morgan fingerprint density at radius 1 is 1.31 bits per heavy atom. The Hall–Kier alpha value is -3.65. The van der Waals surface area contributed by atoms with Crippen LogP contribution in [0.1, 0.15) is 39.2 Å². The Bertz CT molecular complexity index is 1070. The summed E-state index contributed by atoms with van der Waals surface area (Å²) in [6.07, 6.45) is 2.83. The van der Waals surface area contributed by atoms with E-state index in [0.717, 1.165) is 31.7 Å². The number of piperidine rings is 1. The quantitative estimate of drug-likeness (QED) is 0.449. The number of carbonyl (C=O) groups is 1. The first-order valence-electron chi connectivity index (χ1n) is 12.3. The fraction of sp³-hybridized carbons (Fsp3) is 0.520. The molecular formula is C25H35FN8O2. The van der Waals surface area contributed by atoms with Crippen molar-refractivity contribution in [2.45, 2.75) is 39.7 Å². The fourth-order valence-electron chi connectivity index (χ4n) is 4.11. The number of likely N-dealkylation sites (tertiary alicyclic amines) is 1. The van der Waals surface area contributed by atoms with Crippen molar-refractivity contribution in [3.8, 4) is 6.07 Å². The van der Waals surface area contributed by atoms with E-state index in [1.807, 2.05) is 19.9 Å². The van der Waals surface area contributed by atoms with E-state index in [4.69, 9.17) is 10.5 Å². The Kier molecular flexibility index (Phi) is 9.64. The molecule has 1 amide bonds. The van der Waals surface area contributed by atoms with Gasteiger partial charge in [-0.25, -0.2) is 19.2 Å². The van der Waals surface area contributed by atoms with E-state index in [9.17, 15) is 14.4 Å². The number of hydrogen-bond donors (Lipinski definition) is 3. The molecule has 10 nitrogen and oxygen atoms in total. The molecule has 1 aromatic carbocycles. The number of carbonyl (C=O) groups excluding carboxylic acids is 1. The predicted molar refractivity (Wildman–Crippen MR) is 138 cm³/mol. The van der Waals surface area contributed by atoms with E-state index in [-0.39, 0.29) is 23.4 Å². The molecule has 2 heterocycles. The molecule has 3 rings (SSSR count). The molecular weight excluding hydrogens is 463 g/mol. The van der Waals surface area contributed by atoms with Gasteiger partial charge in [0.15, 0.2) is 0 Å². The SMILES string of the molecule is CCN(CC1CCN(C(=O)OC(C)C)CC1)c1cc(Nc2cc(NCCN)c(C#N)cc2F)ncn1. The van der Waals surface area contributed by atoms with Crippen molar-refractivity contribution >= 4 is 29.1 Å². The van der Waals surface area contributed by atoms with Gasteiger partial charge >= 0.3 is 6.09 Å². The molecule has 0 spiro atoms. The molecule has 0 radical (unpaired) electrons. The standard InChI is InChI=1S/C25H35FN8O2/c1-4-33(15-18-5-9-34(10-6-18)25(35)36-17(2)3)24-13-23(30-16-31-24)32-22-12-21(29-8-7-27)19(14-28)11-20(22)26/h11-13,16-18,29H,4-10,15,27H2,1-3H3,(H,30,31,32). The number of nitrogens with zero attached hydrogens (tertiary/aromatic N) is 5. The number of rotatable bonds is 10. The Labute approximate surface area is 211 Å². The second kappa shape index (κ2) is 12.9. The molecule has 1 aliphatic rings. The number of nitrogens with two attached hydrogens (primary N) is 1. The van der Waals surface area contributed by atoms with Crippen molar-refractivity contribution < 1.29 is 13.9 Å². The molecule has 4 N–H and O–H groups in total. The number of halogens is 1. The van der Waals surface area contributed by atoms with Crippen molar-refractivity contribution in [1.82, 2.24) is 14.9 Å². The van der Waals surface area contributed by atoms with Crippen LogP contribution < -0.4 is 21.3 Å². The molecule has 0 atom stereocenters. The monoisotopic (exact) mass is 498 g/mol. The molecule has 1 aliphatic heterocycles. The highest BCUT2D eigenvalue weighted by molar-refractivity contribution is 5.70. The van der Waals surface area contributed by atoms with Gasteiger partial charge in [-0.1, -0.05) is 0 Å². The number of aromatic nitrogens is 2. The van der Waals surface area contributed by atoms with Crippen molar-refractivity contribution in [3.63, 3.8) is 0 Å². The van der Waals surface area contributed by atoms with Gasteiger partial charge in [-0.15, -0.1) is 0 Å². The van der Waals surface area contributed by atoms with Crippen molar-refractivity contribution in [3.05, 3.63) is 35.9 Å². The average Bonchev–Trinajstić information content (AvgIpc) is 2.87. The van der Waals surface area contributed by atoms with Crippen LogP contribution in [0.15, 0.2) is 24.5 Å². The molecule has 1 saturated heterocycles. The van der Waals surface area contributed by atoms with E-state index in [1.165, 1.54) is 12.4 Å². The highest BCUT2D eigenvalue weighted by Gasteiger charge is 2.26. The van der Waals surface area contributed by atoms with Crippen LogP contribution in [-0.4, -0.2) is 66.3 Å². The van der Waals surface area contributed by atoms with Crippen molar-refractivity contribution in [2.24, 2.45) is 11.7 Å². The first-order chi connectivity index (χ1) is 17.3. The number of amides is 1. The lowest BCUT2D eigenvalue weighted by Crippen LogP contribution is -2.42. The summed E-state index contributed by atoms with van der Waals surface area (Å²) in [6.45, 7) is 9.47. The minimum absolute atomic E-state index is 0.127. The normalized spacial score (nSPS) is 13.9. The van der Waals surface area contributed by atoms with Crippen LogP contribution in [0.3, 0.4) is 0 Å². The van der Waals surface area contributed by atoms with E-state index < -0.39 is 5.82 Å². The summed E-state index contributed by atoms with van der Waals surface area (Å²) in [5.74, 6) is 1.02. The first-order valence-corrected chi connectivity index (χ1v) is 12.3. The molecule has 36 heavy (non-hydrogen) atoms. The van der Waals surface area contributed by atoms with E-state index in [2.05, 4.69) is 32.4 Å². The summed E-state index contributed by atoms with van der Waals surface area (Å²) in [7, 11) is 0. The molecule has 0 saturated carbocycles. The van der Waals surface area contributed by atoms with Crippen molar-refractivity contribution in [1.29, 1.82) is 5.26 Å². The summed E-state index contributed by atoms with van der Waals surface area (Å²) in [5.41, 5.74) is 6.44. The number of ether oxygens (including phenoxy) is 1. The zero-order valence-electron chi connectivity index (χ0n) is 21.1. The fourth-order valence-corrected chi connectivity index (χ4v) is 4.11. The predicted octanol–water partition coefficient (Wildman–Crippen LogP) is 3.68. The van der Waals surface area contributed by atoms with Crippen LogP contribution in [-0.2, 0) is 4.74 Å². The van der Waals surface area contributed by atoms with Gasteiger partial charge in [0.1, 0.15) is 29.8 Å². The minimum Gasteiger partial charge on any atom is -0.447 e. The molecule has 1 aromatic heterocycles. The molecule has 0 bridgehead atoms. The minimum atomic E-state index is -0.555. The summed E-state index contributed by atoms with van der Waals surface area (Å²) in [5, 5.41) is 15.3. The van der Waals surface area contributed by atoms with Gasteiger partial charge in [-0.05, 0) is 51.7 Å². The van der Waals surface area contributed by atoms with Gasteiger partial charge < -0.3 is 30.9 Å². The maximum Gasteiger partial charge on any atom is 0.410 e. The first kappa shape index (κ1) is 26.9. The number of nitriles is 1. The Morgan fingerprint density at radius 3 is 2.69 bits per heavy atom. The van der Waals surface area contributed by atoms with Crippen LogP contribution in [0.4, 0.5) is 32.2 Å². The van der Waals surface area contributed by atoms with Gasteiger partial charge in [0.2, 0.25) is 0 Å². The molecule has 0 aliphatic carbocycles. The number of nitrogens with one attached hydrogen (secondary N) is 2.